The van der Waals surface area contributed by atoms with E-state index in [1.54, 1.807) is 18.2 Å². The Hall–Kier alpha value is -3.30. The van der Waals surface area contributed by atoms with Crippen molar-refractivity contribution in [1.29, 1.82) is 0 Å². The van der Waals surface area contributed by atoms with Gasteiger partial charge < -0.3 is 23.7 Å². The van der Waals surface area contributed by atoms with Crippen molar-refractivity contribution < 1.29 is 41.7 Å². The summed E-state index contributed by atoms with van der Waals surface area (Å²) in [7, 11) is -0.468. The molecule has 3 aromatic carbocycles. The van der Waals surface area contributed by atoms with Crippen LogP contribution >= 0.6 is 8.58 Å². The van der Waals surface area contributed by atoms with Gasteiger partial charge in [0, 0.05) is 6.92 Å². The molecule has 0 N–H and O–H groups in total. The van der Waals surface area contributed by atoms with E-state index in [4.69, 9.17) is 23.7 Å². The third kappa shape index (κ3) is 9.13. The molecule has 0 aliphatic carbocycles. The first-order valence-corrected chi connectivity index (χ1v) is 13.7. The Bertz CT molecular complexity index is 1230. The maximum Gasteiger partial charge on any atom is 0.468 e. The number of hydrogen-bond acceptors (Lipinski definition) is 7. The Morgan fingerprint density at radius 2 is 1.45 bits per heavy atom. The summed E-state index contributed by atoms with van der Waals surface area (Å²) in [6.07, 6.45) is -6.78. The number of alkyl halides is 3. The van der Waals surface area contributed by atoms with Crippen LogP contribution in [0.1, 0.15) is 18.1 Å². The van der Waals surface area contributed by atoms with Crippen LogP contribution in [0.15, 0.2) is 96.0 Å². The van der Waals surface area contributed by atoms with E-state index < -0.39 is 50.7 Å². The lowest BCUT2D eigenvalue weighted by Crippen LogP contribution is -2.50. The number of hydrogen-bond donors (Lipinski definition) is 0. The van der Waals surface area contributed by atoms with Crippen LogP contribution in [0.5, 0.6) is 0 Å². The van der Waals surface area contributed by atoms with Crippen LogP contribution in [0.2, 0.25) is 0 Å². The molecule has 0 saturated carbocycles. The Morgan fingerprint density at radius 3 is 2.02 bits per heavy atom. The van der Waals surface area contributed by atoms with Crippen LogP contribution in [0.4, 0.5) is 18.9 Å². The molecule has 0 aromatic heterocycles. The van der Waals surface area contributed by atoms with Crippen molar-refractivity contribution in [1.82, 2.24) is 0 Å². The highest BCUT2D eigenvalue weighted by Crippen LogP contribution is 2.41. The lowest BCUT2D eigenvalue weighted by atomic mass is 10.2. The van der Waals surface area contributed by atoms with Gasteiger partial charge in [-0.15, -0.1) is 0 Å². The molecule has 0 bridgehead atoms. The van der Waals surface area contributed by atoms with Crippen LogP contribution in [0.25, 0.3) is 0 Å². The first kappa shape index (κ1) is 29.7. The van der Waals surface area contributed by atoms with E-state index in [1.807, 2.05) is 60.7 Å². The van der Waals surface area contributed by atoms with Gasteiger partial charge in [-0.1, -0.05) is 78.9 Å². The van der Waals surface area contributed by atoms with Crippen molar-refractivity contribution in [2.45, 2.75) is 50.4 Å². The highest BCUT2D eigenvalue weighted by atomic mass is 31.1. The molecule has 0 amide bonds. The number of aliphatic imine (C=N–C) groups is 1. The van der Waals surface area contributed by atoms with Crippen LogP contribution in [0, 0.1) is 0 Å². The largest absolute Gasteiger partial charge is 0.468 e. The predicted molar refractivity (Wildman–Crippen MR) is 144 cm³/mol. The molecule has 1 fully saturated rings. The normalized spacial score (nSPS) is 22.1. The lowest BCUT2D eigenvalue weighted by molar-refractivity contribution is -0.200. The van der Waals surface area contributed by atoms with Crippen LogP contribution in [-0.4, -0.2) is 48.7 Å². The van der Waals surface area contributed by atoms with E-state index in [9.17, 15) is 18.0 Å². The van der Waals surface area contributed by atoms with Gasteiger partial charge in [0.25, 0.3) is 5.90 Å². The number of para-hydroxylation sites is 1. The van der Waals surface area contributed by atoms with Crippen LogP contribution in [0.3, 0.4) is 0 Å². The molecule has 4 unspecified atom stereocenters. The van der Waals surface area contributed by atoms with E-state index in [-0.39, 0.29) is 25.5 Å². The van der Waals surface area contributed by atoms with Gasteiger partial charge in [0.2, 0.25) is 6.03 Å². The summed E-state index contributed by atoms with van der Waals surface area (Å²) < 4.78 is 70.5. The third-order valence-electron chi connectivity index (χ3n) is 5.68. The minimum atomic E-state index is -4.88. The second kappa shape index (κ2) is 14.4. The highest BCUT2D eigenvalue weighted by Gasteiger charge is 2.46. The van der Waals surface area contributed by atoms with E-state index in [1.165, 1.54) is 19.1 Å². The van der Waals surface area contributed by atoms with E-state index in [2.05, 4.69) is 4.99 Å². The second-order valence-corrected chi connectivity index (χ2v) is 10.2. The lowest BCUT2D eigenvalue weighted by Gasteiger charge is -2.40. The van der Waals surface area contributed by atoms with E-state index in [0.29, 0.717) is 0 Å². The van der Waals surface area contributed by atoms with E-state index in [0.717, 1.165) is 11.1 Å². The number of nitrogens with zero attached hydrogens (tertiary/aromatic N) is 1. The summed E-state index contributed by atoms with van der Waals surface area (Å²) in [5.74, 6) is -2.85. The number of ether oxygens (including phenoxy) is 5. The van der Waals surface area contributed by atoms with Crippen LogP contribution < -0.4 is 0 Å². The summed E-state index contributed by atoms with van der Waals surface area (Å²) in [5.41, 5.74) is 1.81. The Morgan fingerprint density at radius 1 is 0.875 bits per heavy atom. The van der Waals surface area contributed by atoms with Gasteiger partial charge >= 0.3 is 12.1 Å². The number of carbonyl (C=O) groups is 1. The minimum Gasteiger partial charge on any atom is -0.457 e. The first-order chi connectivity index (χ1) is 19.3. The zero-order valence-electron chi connectivity index (χ0n) is 21.6. The van der Waals surface area contributed by atoms with Gasteiger partial charge in [-0.05, 0) is 31.8 Å². The third-order valence-corrected chi connectivity index (χ3v) is 7.03. The minimum absolute atomic E-state index is 0.0754. The van der Waals surface area contributed by atoms with Gasteiger partial charge in [-0.2, -0.15) is 13.2 Å². The van der Waals surface area contributed by atoms with Gasteiger partial charge in [0.15, 0.2) is 6.10 Å². The first-order valence-electron chi connectivity index (χ1n) is 12.5. The number of carbonyl (C=O) groups excluding carboxylic acids is 1. The van der Waals surface area contributed by atoms with Crippen molar-refractivity contribution in [3.8, 4) is 0 Å². The van der Waals surface area contributed by atoms with Crippen LogP contribution in [-0.2, 0) is 41.7 Å². The summed E-state index contributed by atoms with van der Waals surface area (Å²) in [6.45, 7) is 1.53. The van der Waals surface area contributed by atoms with Gasteiger partial charge in [0.1, 0.15) is 11.9 Å². The molecule has 3 aromatic rings. The summed E-state index contributed by atoms with van der Waals surface area (Å²) in [5, 5.41) is 0. The molecule has 0 radical (unpaired) electrons. The van der Waals surface area contributed by atoms with Crippen molar-refractivity contribution in [2.24, 2.45) is 4.99 Å². The second-order valence-electron chi connectivity index (χ2n) is 8.83. The van der Waals surface area contributed by atoms with Crippen molar-refractivity contribution in [3.63, 3.8) is 0 Å². The quantitative estimate of drug-likeness (QED) is 0.121. The molecule has 4 rings (SSSR count). The zero-order chi connectivity index (χ0) is 28.4. The fraction of sp³-hybridized carbons (Fsp3) is 0.310. The molecule has 1 saturated heterocycles. The molecule has 1 aliphatic heterocycles. The van der Waals surface area contributed by atoms with Crippen molar-refractivity contribution in [2.75, 3.05) is 6.61 Å². The number of rotatable bonds is 10. The summed E-state index contributed by atoms with van der Waals surface area (Å²) in [4.78, 5) is 15.7. The fourth-order valence-corrected chi connectivity index (χ4v) is 5.23. The molecule has 0 spiro atoms. The number of benzene rings is 3. The van der Waals surface area contributed by atoms with Crippen molar-refractivity contribution in [3.05, 3.63) is 102 Å². The smallest absolute Gasteiger partial charge is 0.457 e. The molecule has 1 aliphatic rings. The average molecular weight is 576 g/mol. The molecule has 11 heteroatoms. The summed E-state index contributed by atoms with van der Waals surface area (Å²) in [6, 6.07) is 24.9. The maximum absolute atomic E-state index is 13.9. The Kier molecular flexibility index (Phi) is 10.7. The SMILES string of the molecule is CC(=O)OC1C(COCc2ccccc2)OC(OC(=Nc2ccccc2)C(F)(F)F)P[C@H]1OCc1ccccc1. The van der Waals surface area contributed by atoms with E-state index >= 15 is 0 Å². The van der Waals surface area contributed by atoms with Gasteiger partial charge in [-0.3, -0.25) is 4.79 Å². The van der Waals surface area contributed by atoms with Gasteiger partial charge in [-0.25, -0.2) is 4.99 Å². The van der Waals surface area contributed by atoms with Gasteiger partial charge in [0.05, 0.1) is 25.5 Å². The maximum atomic E-state index is 13.9. The molecule has 1 heterocycles. The number of halogens is 3. The monoisotopic (exact) mass is 575 g/mol. The highest BCUT2D eigenvalue weighted by molar-refractivity contribution is 7.39. The zero-order valence-corrected chi connectivity index (χ0v) is 22.6. The average Bonchev–Trinajstić information content (AvgIpc) is 2.94. The summed E-state index contributed by atoms with van der Waals surface area (Å²) >= 11 is 0. The standard InChI is InChI=1S/C29H29F3NO6P/c1-20(34)37-25-24(19-35-17-21-11-5-2-6-12-21)38-28(40-26(25)36-18-22-13-7-3-8-14-22)39-27(29(30,31)32)33-23-15-9-4-10-16-23/h2-16,24-26,28,40H,17-19H2,1H3/t24?,25?,26-,28?/m1/s1. The predicted octanol–water partition coefficient (Wildman–Crippen LogP) is 6.35. The molecule has 212 valence electrons. The Labute approximate surface area is 232 Å². The molecule has 7 nitrogen and oxygen atoms in total. The molecule has 40 heavy (non-hydrogen) atoms. The van der Waals surface area contributed by atoms with Crippen molar-refractivity contribution >= 4 is 26.1 Å². The Balaban J connectivity index is 1.56. The topological polar surface area (TPSA) is 75.6 Å². The molecule has 5 atom stereocenters. The fourth-order valence-electron chi connectivity index (χ4n) is 3.87. The molecular formula is C29H29F3NO6P. The molecular weight excluding hydrogens is 546 g/mol. The number of esters is 1.